The molecule has 1 heterocycles. The third kappa shape index (κ3) is 3.26. The number of nitrogens with zero attached hydrogens (tertiary/aromatic N) is 3. The second kappa shape index (κ2) is 5.61. The van der Waals surface area contributed by atoms with Crippen molar-refractivity contribution in [3.8, 4) is 6.07 Å². The highest BCUT2D eigenvalue weighted by molar-refractivity contribution is 5.59. The summed E-state index contributed by atoms with van der Waals surface area (Å²) in [6, 6.07) is 4.78. The van der Waals surface area contributed by atoms with Gasteiger partial charge in [-0.2, -0.15) is 23.5 Å². The number of hydrogen-bond donors (Lipinski definition) is 2. The molecule has 0 amide bonds. The highest BCUT2D eigenvalue weighted by Crippen LogP contribution is 2.31. The van der Waals surface area contributed by atoms with Crippen LogP contribution >= 0.6 is 0 Å². The molecule has 0 radical (unpaired) electrons. The van der Waals surface area contributed by atoms with E-state index in [1.54, 1.807) is 6.07 Å². The molecule has 1 aromatic heterocycles. The number of anilines is 1. The topological polar surface area (TPSA) is 77.4 Å². The van der Waals surface area contributed by atoms with Crippen LogP contribution in [0.25, 0.3) is 0 Å². The monoisotopic (exact) mass is 281 g/mol. The number of benzene rings is 1. The maximum Gasteiger partial charge on any atom is 0.416 e. The van der Waals surface area contributed by atoms with E-state index in [2.05, 4.69) is 20.5 Å². The fourth-order valence-corrected chi connectivity index (χ4v) is 1.63. The van der Waals surface area contributed by atoms with Gasteiger partial charge in [0.2, 0.25) is 0 Å². The lowest BCUT2D eigenvalue weighted by molar-refractivity contribution is -0.137. The minimum absolute atomic E-state index is 0.0441. The third-order valence-electron chi connectivity index (χ3n) is 2.61. The largest absolute Gasteiger partial charge is 0.416 e. The SMILES string of the molecule is N#Cc1cc(C(F)(F)F)ccc1NCCc1ncn[nH]1. The quantitative estimate of drug-likeness (QED) is 0.901. The molecule has 0 saturated heterocycles. The number of halogens is 3. The molecule has 0 aliphatic heterocycles. The summed E-state index contributed by atoms with van der Waals surface area (Å²) in [5.74, 6) is 0.655. The van der Waals surface area contributed by atoms with Gasteiger partial charge in [0.25, 0.3) is 0 Å². The summed E-state index contributed by atoms with van der Waals surface area (Å²) in [5, 5.41) is 18.2. The van der Waals surface area contributed by atoms with Crippen molar-refractivity contribution in [2.75, 3.05) is 11.9 Å². The zero-order valence-corrected chi connectivity index (χ0v) is 10.2. The fourth-order valence-electron chi connectivity index (χ4n) is 1.63. The van der Waals surface area contributed by atoms with Crippen LogP contribution in [0.1, 0.15) is 17.0 Å². The maximum atomic E-state index is 12.5. The van der Waals surface area contributed by atoms with Gasteiger partial charge in [0.1, 0.15) is 18.2 Å². The van der Waals surface area contributed by atoms with Gasteiger partial charge < -0.3 is 5.32 Å². The molecule has 0 saturated carbocycles. The van der Waals surface area contributed by atoms with Crippen molar-refractivity contribution in [2.45, 2.75) is 12.6 Å². The van der Waals surface area contributed by atoms with Crippen molar-refractivity contribution >= 4 is 5.69 Å². The molecule has 0 unspecified atom stereocenters. The van der Waals surface area contributed by atoms with Crippen LogP contribution in [0.5, 0.6) is 0 Å². The third-order valence-corrected chi connectivity index (χ3v) is 2.61. The number of H-pyrrole nitrogens is 1. The Morgan fingerprint density at radius 3 is 2.75 bits per heavy atom. The summed E-state index contributed by atoms with van der Waals surface area (Å²) < 4.78 is 37.6. The molecule has 0 atom stereocenters. The first-order valence-electron chi connectivity index (χ1n) is 5.70. The van der Waals surface area contributed by atoms with E-state index in [1.807, 2.05) is 0 Å². The molecule has 0 fully saturated rings. The van der Waals surface area contributed by atoms with E-state index in [-0.39, 0.29) is 5.56 Å². The van der Waals surface area contributed by atoms with E-state index >= 15 is 0 Å². The fraction of sp³-hybridized carbons (Fsp3) is 0.250. The summed E-state index contributed by atoms with van der Waals surface area (Å²) in [7, 11) is 0. The number of hydrogen-bond acceptors (Lipinski definition) is 4. The highest BCUT2D eigenvalue weighted by atomic mass is 19.4. The van der Waals surface area contributed by atoms with Gasteiger partial charge in [-0.3, -0.25) is 5.10 Å². The predicted molar refractivity (Wildman–Crippen MR) is 64.7 cm³/mol. The molecule has 104 valence electrons. The van der Waals surface area contributed by atoms with Crippen LogP contribution in [0, 0.1) is 11.3 Å². The predicted octanol–water partition coefficient (Wildman–Crippen LogP) is 2.35. The zero-order chi connectivity index (χ0) is 14.6. The lowest BCUT2D eigenvalue weighted by Crippen LogP contribution is -2.09. The molecule has 0 spiro atoms. The Morgan fingerprint density at radius 2 is 2.15 bits per heavy atom. The molecule has 0 aliphatic carbocycles. The lowest BCUT2D eigenvalue weighted by atomic mass is 10.1. The summed E-state index contributed by atoms with van der Waals surface area (Å²) in [6.07, 6.45) is -2.57. The van der Waals surface area contributed by atoms with E-state index < -0.39 is 11.7 Å². The minimum atomic E-state index is -4.45. The first kappa shape index (κ1) is 13.9. The molecular weight excluding hydrogens is 271 g/mol. The van der Waals surface area contributed by atoms with Crippen LogP contribution in [0.2, 0.25) is 0 Å². The summed E-state index contributed by atoms with van der Waals surface area (Å²) >= 11 is 0. The Bertz CT molecular complexity index is 613. The van der Waals surface area contributed by atoms with Gasteiger partial charge in [0.15, 0.2) is 0 Å². The van der Waals surface area contributed by atoms with Crippen molar-refractivity contribution in [1.29, 1.82) is 5.26 Å². The van der Waals surface area contributed by atoms with Gasteiger partial charge in [0.05, 0.1) is 16.8 Å². The van der Waals surface area contributed by atoms with Crippen molar-refractivity contribution < 1.29 is 13.2 Å². The van der Waals surface area contributed by atoms with Crippen LogP contribution in [0.4, 0.5) is 18.9 Å². The highest BCUT2D eigenvalue weighted by Gasteiger charge is 2.31. The van der Waals surface area contributed by atoms with E-state index in [4.69, 9.17) is 5.26 Å². The lowest BCUT2D eigenvalue weighted by Gasteiger charge is -2.11. The van der Waals surface area contributed by atoms with Crippen LogP contribution < -0.4 is 5.32 Å². The van der Waals surface area contributed by atoms with Crippen LogP contribution in [-0.4, -0.2) is 21.7 Å². The number of nitriles is 1. The number of rotatable bonds is 4. The van der Waals surface area contributed by atoms with E-state index in [0.717, 1.165) is 12.1 Å². The van der Waals surface area contributed by atoms with Gasteiger partial charge in [-0.1, -0.05) is 0 Å². The summed E-state index contributed by atoms with van der Waals surface area (Å²) in [6.45, 7) is 0.426. The van der Waals surface area contributed by atoms with Crippen LogP contribution in [0.3, 0.4) is 0 Å². The molecule has 20 heavy (non-hydrogen) atoms. The molecule has 2 aromatic rings. The van der Waals surface area contributed by atoms with Gasteiger partial charge in [-0.15, -0.1) is 0 Å². The molecule has 1 aromatic carbocycles. The molecule has 2 N–H and O–H groups in total. The number of nitrogens with one attached hydrogen (secondary N) is 2. The Labute approximate surface area is 112 Å². The second-order valence-corrected chi connectivity index (χ2v) is 3.98. The summed E-state index contributed by atoms with van der Waals surface area (Å²) in [5.41, 5.74) is -0.521. The first-order chi connectivity index (χ1) is 9.50. The molecular formula is C12H10F3N5. The van der Waals surface area contributed by atoms with Crippen LogP contribution in [-0.2, 0) is 12.6 Å². The molecule has 2 rings (SSSR count). The summed E-state index contributed by atoms with van der Waals surface area (Å²) in [4.78, 5) is 3.92. The molecule has 5 nitrogen and oxygen atoms in total. The normalized spacial score (nSPS) is 11.1. The van der Waals surface area contributed by atoms with Crippen molar-refractivity contribution in [2.24, 2.45) is 0 Å². The smallest absolute Gasteiger partial charge is 0.384 e. The van der Waals surface area contributed by atoms with Gasteiger partial charge in [0, 0.05) is 13.0 Å². The van der Waals surface area contributed by atoms with Gasteiger partial charge in [-0.05, 0) is 18.2 Å². The average Bonchev–Trinajstić information content (AvgIpc) is 2.91. The maximum absolute atomic E-state index is 12.5. The molecule has 0 aliphatic rings. The average molecular weight is 281 g/mol. The second-order valence-electron chi connectivity index (χ2n) is 3.98. The number of alkyl halides is 3. The first-order valence-corrected chi connectivity index (χ1v) is 5.70. The van der Waals surface area contributed by atoms with Crippen molar-refractivity contribution in [3.63, 3.8) is 0 Å². The van der Waals surface area contributed by atoms with Crippen molar-refractivity contribution in [3.05, 3.63) is 41.5 Å². The van der Waals surface area contributed by atoms with Gasteiger partial charge in [-0.25, -0.2) is 4.98 Å². The number of aromatic amines is 1. The Hall–Kier alpha value is -2.56. The van der Waals surface area contributed by atoms with E-state index in [1.165, 1.54) is 12.4 Å². The van der Waals surface area contributed by atoms with Gasteiger partial charge >= 0.3 is 6.18 Å². The number of aromatic nitrogens is 3. The van der Waals surface area contributed by atoms with Crippen LogP contribution in [0.15, 0.2) is 24.5 Å². The zero-order valence-electron chi connectivity index (χ0n) is 10.2. The Kier molecular flexibility index (Phi) is 3.89. The standard InChI is InChI=1S/C12H10F3N5/c13-12(14,15)9-1-2-10(8(5-9)6-16)17-4-3-11-18-7-19-20-11/h1-2,5,7,17H,3-4H2,(H,18,19,20). The van der Waals surface area contributed by atoms with E-state index in [0.29, 0.717) is 24.5 Å². The Morgan fingerprint density at radius 1 is 1.35 bits per heavy atom. The molecule has 0 bridgehead atoms. The van der Waals surface area contributed by atoms with E-state index in [9.17, 15) is 13.2 Å². The Balaban J connectivity index is 2.06. The molecule has 8 heteroatoms. The minimum Gasteiger partial charge on any atom is -0.384 e. The van der Waals surface area contributed by atoms with Crippen molar-refractivity contribution in [1.82, 2.24) is 15.2 Å².